The molecular formula is C11H10N2. The number of benzene rings is 1. The smallest absolute Gasteiger partial charge is 0.0991 e. The van der Waals surface area contributed by atoms with Gasteiger partial charge in [-0.1, -0.05) is 0 Å². The molecule has 1 atom stereocenters. The monoisotopic (exact) mass is 170 g/mol. The van der Waals surface area contributed by atoms with Gasteiger partial charge < -0.3 is 4.90 Å². The lowest BCUT2D eigenvalue weighted by Crippen LogP contribution is -2.15. The molecule has 2 heteroatoms. The Balaban J connectivity index is 2.18. The molecular weight excluding hydrogens is 160 g/mol. The highest BCUT2D eigenvalue weighted by Gasteiger charge is 2.34. The molecule has 1 aromatic rings. The van der Waals surface area contributed by atoms with Crippen LogP contribution >= 0.6 is 0 Å². The van der Waals surface area contributed by atoms with Crippen LogP contribution in [0.5, 0.6) is 0 Å². The van der Waals surface area contributed by atoms with Gasteiger partial charge in [0.05, 0.1) is 11.6 Å². The molecule has 1 fully saturated rings. The summed E-state index contributed by atoms with van der Waals surface area (Å²) in [5.74, 6) is 0.697. The zero-order valence-electron chi connectivity index (χ0n) is 7.33. The molecule has 13 heavy (non-hydrogen) atoms. The SMILES string of the molecule is N#Cc1ccc2c(c1)C1CCN2C1. The van der Waals surface area contributed by atoms with Crippen molar-refractivity contribution in [2.24, 2.45) is 0 Å². The topological polar surface area (TPSA) is 27.0 Å². The Morgan fingerprint density at radius 3 is 3.23 bits per heavy atom. The van der Waals surface area contributed by atoms with Crippen LogP contribution in [-0.2, 0) is 0 Å². The van der Waals surface area contributed by atoms with Crippen molar-refractivity contribution in [3.05, 3.63) is 29.3 Å². The number of fused-ring (bicyclic) bond motifs is 5. The zero-order chi connectivity index (χ0) is 8.84. The number of nitriles is 1. The first-order valence-electron chi connectivity index (χ1n) is 4.67. The van der Waals surface area contributed by atoms with E-state index in [9.17, 15) is 0 Å². The van der Waals surface area contributed by atoms with E-state index < -0.39 is 0 Å². The van der Waals surface area contributed by atoms with Gasteiger partial charge in [-0.25, -0.2) is 0 Å². The van der Waals surface area contributed by atoms with Crippen molar-refractivity contribution in [2.45, 2.75) is 12.3 Å². The quantitative estimate of drug-likeness (QED) is 0.594. The average molecular weight is 170 g/mol. The van der Waals surface area contributed by atoms with Gasteiger partial charge in [0.1, 0.15) is 0 Å². The summed E-state index contributed by atoms with van der Waals surface area (Å²) in [6.45, 7) is 2.37. The molecule has 2 nitrogen and oxygen atoms in total. The van der Waals surface area contributed by atoms with E-state index in [-0.39, 0.29) is 0 Å². The van der Waals surface area contributed by atoms with Crippen molar-refractivity contribution in [1.29, 1.82) is 5.26 Å². The second-order valence-electron chi connectivity index (χ2n) is 3.82. The van der Waals surface area contributed by atoms with Gasteiger partial charge in [0.15, 0.2) is 0 Å². The maximum atomic E-state index is 8.78. The molecule has 2 heterocycles. The van der Waals surface area contributed by atoms with Crippen LogP contribution in [0.25, 0.3) is 0 Å². The molecule has 64 valence electrons. The second-order valence-corrected chi connectivity index (χ2v) is 3.82. The van der Waals surface area contributed by atoms with Crippen LogP contribution in [0, 0.1) is 11.3 Å². The highest BCUT2D eigenvalue weighted by Crippen LogP contribution is 2.43. The van der Waals surface area contributed by atoms with Crippen molar-refractivity contribution < 1.29 is 0 Å². The van der Waals surface area contributed by atoms with Crippen LogP contribution in [0.15, 0.2) is 18.2 Å². The predicted molar refractivity (Wildman–Crippen MR) is 50.7 cm³/mol. The van der Waals surface area contributed by atoms with Gasteiger partial charge in [-0.3, -0.25) is 0 Å². The van der Waals surface area contributed by atoms with E-state index in [0.29, 0.717) is 5.92 Å². The van der Waals surface area contributed by atoms with E-state index in [1.165, 1.54) is 30.8 Å². The molecule has 2 aliphatic heterocycles. The van der Waals surface area contributed by atoms with E-state index in [1.807, 2.05) is 6.07 Å². The first-order chi connectivity index (χ1) is 6.38. The number of anilines is 1. The molecule has 0 aromatic heterocycles. The summed E-state index contributed by atoms with van der Waals surface area (Å²) in [5, 5.41) is 8.78. The zero-order valence-corrected chi connectivity index (χ0v) is 7.33. The average Bonchev–Trinajstić information content (AvgIpc) is 2.77. The summed E-state index contributed by atoms with van der Waals surface area (Å²) in [4.78, 5) is 2.42. The van der Waals surface area contributed by atoms with Gasteiger partial charge in [0.25, 0.3) is 0 Å². The van der Waals surface area contributed by atoms with E-state index >= 15 is 0 Å². The van der Waals surface area contributed by atoms with Crippen molar-refractivity contribution in [1.82, 2.24) is 0 Å². The van der Waals surface area contributed by atoms with E-state index in [2.05, 4.69) is 23.1 Å². The van der Waals surface area contributed by atoms with Gasteiger partial charge in [-0.2, -0.15) is 5.26 Å². The van der Waals surface area contributed by atoms with Crippen molar-refractivity contribution in [2.75, 3.05) is 18.0 Å². The third-order valence-corrected chi connectivity index (χ3v) is 3.13. The summed E-state index contributed by atoms with van der Waals surface area (Å²) < 4.78 is 0. The van der Waals surface area contributed by atoms with E-state index in [0.717, 1.165) is 5.56 Å². The summed E-state index contributed by atoms with van der Waals surface area (Å²) >= 11 is 0. The summed E-state index contributed by atoms with van der Waals surface area (Å²) in [6.07, 6.45) is 1.27. The molecule has 0 N–H and O–H groups in total. The fourth-order valence-corrected chi connectivity index (χ4v) is 2.47. The molecule has 1 aromatic carbocycles. The molecule has 2 bridgehead atoms. The van der Waals surface area contributed by atoms with Crippen molar-refractivity contribution in [3.63, 3.8) is 0 Å². The van der Waals surface area contributed by atoms with Crippen LogP contribution in [-0.4, -0.2) is 13.1 Å². The lowest BCUT2D eigenvalue weighted by Gasteiger charge is -2.17. The Kier molecular flexibility index (Phi) is 1.21. The van der Waals surface area contributed by atoms with Gasteiger partial charge in [-0.15, -0.1) is 0 Å². The summed E-state index contributed by atoms with van der Waals surface area (Å²) in [7, 11) is 0. The minimum Gasteiger partial charge on any atom is -0.371 e. The number of hydrogen-bond donors (Lipinski definition) is 0. The molecule has 1 saturated heterocycles. The predicted octanol–water partition coefficient (Wildman–Crippen LogP) is 1.87. The number of hydrogen-bond acceptors (Lipinski definition) is 2. The largest absolute Gasteiger partial charge is 0.371 e. The third kappa shape index (κ3) is 0.818. The van der Waals surface area contributed by atoms with Gasteiger partial charge in [-0.05, 0) is 30.2 Å². The number of nitrogens with zero attached hydrogens (tertiary/aromatic N) is 2. The van der Waals surface area contributed by atoms with Crippen LogP contribution in [0.2, 0.25) is 0 Å². The van der Waals surface area contributed by atoms with Crippen LogP contribution in [0.3, 0.4) is 0 Å². The van der Waals surface area contributed by atoms with Gasteiger partial charge >= 0.3 is 0 Å². The minimum atomic E-state index is 0.697. The Bertz CT molecular complexity index is 403. The molecule has 0 radical (unpaired) electrons. The number of rotatable bonds is 0. The van der Waals surface area contributed by atoms with Crippen molar-refractivity contribution >= 4 is 5.69 Å². The van der Waals surface area contributed by atoms with Crippen LogP contribution in [0.1, 0.15) is 23.5 Å². The molecule has 0 spiro atoms. The van der Waals surface area contributed by atoms with Crippen LogP contribution in [0.4, 0.5) is 5.69 Å². The Morgan fingerprint density at radius 2 is 2.38 bits per heavy atom. The normalized spacial score (nSPS) is 23.0. The molecule has 2 aliphatic rings. The maximum absolute atomic E-state index is 8.78. The summed E-state index contributed by atoms with van der Waals surface area (Å²) in [6, 6.07) is 8.26. The van der Waals surface area contributed by atoms with Crippen molar-refractivity contribution in [3.8, 4) is 6.07 Å². The fourth-order valence-electron chi connectivity index (χ4n) is 2.47. The summed E-state index contributed by atoms with van der Waals surface area (Å²) in [5.41, 5.74) is 3.55. The second kappa shape index (κ2) is 2.26. The Labute approximate surface area is 77.4 Å². The minimum absolute atomic E-state index is 0.697. The molecule has 0 saturated carbocycles. The Hall–Kier alpha value is -1.49. The maximum Gasteiger partial charge on any atom is 0.0991 e. The fraction of sp³-hybridized carbons (Fsp3) is 0.364. The molecule has 3 rings (SSSR count). The first-order valence-corrected chi connectivity index (χ1v) is 4.67. The van der Waals surface area contributed by atoms with Gasteiger partial charge in [0, 0.05) is 24.7 Å². The highest BCUT2D eigenvalue weighted by molar-refractivity contribution is 5.64. The first kappa shape index (κ1) is 6.97. The lowest BCUT2D eigenvalue weighted by atomic mass is 9.96. The van der Waals surface area contributed by atoms with Gasteiger partial charge in [0.2, 0.25) is 0 Å². The Morgan fingerprint density at radius 1 is 1.46 bits per heavy atom. The molecule has 0 amide bonds. The van der Waals surface area contributed by atoms with Crippen LogP contribution < -0.4 is 4.90 Å². The van der Waals surface area contributed by atoms with E-state index in [1.54, 1.807) is 0 Å². The standard InChI is InChI=1S/C11H10N2/c12-6-8-1-2-11-10(5-8)9-3-4-13(11)7-9/h1-2,5,9H,3-4,7H2. The molecule has 0 aliphatic carbocycles. The third-order valence-electron chi connectivity index (χ3n) is 3.13. The lowest BCUT2D eigenvalue weighted by molar-refractivity contribution is 0.787. The van der Waals surface area contributed by atoms with E-state index in [4.69, 9.17) is 5.26 Å². The highest BCUT2D eigenvalue weighted by atomic mass is 15.2. The molecule has 1 unspecified atom stereocenters.